The summed E-state index contributed by atoms with van der Waals surface area (Å²) >= 11 is 7.58. The lowest BCUT2D eigenvalue weighted by atomic mass is 9.92. The summed E-state index contributed by atoms with van der Waals surface area (Å²) in [6, 6.07) is 7.45. The SMILES string of the molecule is CC(Sc1ccccc1Cl)C(=O)N1C[C@H](C(=O)O)[C@@H](C2CC2)C1. The first-order chi connectivity index (χ1) is 11.0. The van der Waals surface area contributed by atoms with E-state index in [2.05, 4.69) is 0 Å². The molecular formula is C17H20ClNO3S. The quantitative estimate of drug-likeness (QED) is 0.824. The second-order valence-electron chi connectivity index (χ2n) is 6.38. The summed E-state index contributed by atoms with van der Waals surface area (Å²) in [6.45, 7) is 2.77. The summed E-state index contributed by atoms with van der Waals surface area (Å²) in [6.07, 6.45) is 2.20. The molecule has 1 aromatic carbocycles. The Bertz CT molecular complexity index is 620. The molecule has 1 saturated carbocycles. The lowest BCUT2D eigenvalue weighted by molar-refractivity contribution is -0.142. The van der Waals surface area contributed by atoms with Gasteiger partial charge in [0.05, 0.1) is 16.2 Å². The maximum absolute atomic E-state index is 12.7. The van der Waals surface area contributed by atoms with Crippen molar-refractivity contribution in [2.75, 3.05) is 13.1 Å². The van der Waals surface area contributed by atoms with Crippen LogP contribution < -0.4 is 0 Å². The van der Waals surface area contributed by atoms with Crippen molar-refractivity contribution in [3.05, 3.63) is 29.3 Å². The molecule has 1 aliphatic heterocycles. The number of hydrogen-bond acceptors (Lipinski definition) is 3. The normalized spacial score (nSPS) is 25.4. The molecule has 23 heavy (non-hydrogen) atoms. The molecule has 1 unspecified atom stereocenters. The van der Waals surface area contributed by atoms with E-state index < -0.39 is 11.9 Å². The molecule has 6 heteroatoms. The van der Waals surface area contributed by atoms with E-state index in [0.29, 0.717) is 24.0 Å². The van der Waals surface area contributed by atoms with Crippen molar-refractivity contribution in [1.29, 1.82) is 0 Å². The number of thioether (sulfide) groups is 1. The first-order valence-electron chi connectivity index (χ1n) is 7.90. The fourth-order valence-electron chi connectivity index (χ4n) is 3.31. The Morgan fingerprint density at radius 2 is 2.00 bits per heavy atom. The fraction of sp³-hybridized carbons (Fsp3) is 0.529. The molecular weight excluding hydrogens is 334 g/mol. The summed E-state index contributed by atoms with van der Waals surface area (Å²) in [5.41, 5.74) is 0. The second kappa shape index (κ2) is 6.73. The Labute approximate surface area is 145 Å². The van der Waals surface area contributed by atoms with E-state index in [0.717, 1.165) is 17.7 Å². The molecule has 0 spiro atoms. The van der Waals surface area contributed by atoms with Crippen molar-refractivity contribution < 1.29 is 14.7 Å². The molecule has 0 bridgehead atoms. The van der Waals surface area contributed by atoms with Crippen LogP contribution in [0.5, 0.6) is 0 Å². The van der Waals surface area contributed by atoms with Crippen LogP contribution in [-0.2, 0) is 9.59 Å². The van der Waals surface area contributed by atoms with E-state index in [4.69, 9.17) is 11.6 Å². The molecule has 2 aliphatic rings. The molecule has 1 heterocycles. The van der Waals surface area contributed by atoms with Crippen LogP contribution in [0.1, 0.15) is 19.8 Å². The van der Waals surface area contributed by atoms with E-state index >= 15 is 0 Å². The highest BCUT2D eigenvalue weighted by Crippen LogP contribution is 2.44. The van der Waals surface area contributed by atoms with Gasteiger partial charge in [0.25, 0.3) is 0 Å². The zero-order chi connectivity index (χ0) is 16.6. The predicted molar refractivity (Wildman–Crippen MR) is 90.7 cm³/mol. The monoisotopic (exact) mass is 353 g/mol. The molecule has 2 fully saturated rings. The van der Waals surface area contributed by atoms with Crippen molar-refractivity contribution in [3.8, 4) is 0 Å². The number of aliphatic carboxylic acids is 1. The number of benzene rings is 1. The number of carboxylic acid groups (broad SMARTS) is 1. The number of likely N-dealkylation sites (tertiary alicyclic amines) is 1. The maximum Gasteiger partial charge on any atom is 0.308 e. The standard InChI is InChI=1S/C17H20ClNO3S/c1-10(23-15-5-3-2-4-14(15)18)16(20)19-8-12(11-6-7-11)13(9-19)17(21)22/h2-5,10-13H,6-9H2,1H3,(H,21,22)/t10?,12-,13+/m1/s1. The van der Waals surface area contributed by atoms with Gasteiger partial charge < -0.3 is 10.0 Å². The molecule has 1 N–H and O–H groups in total. The molecule has 3 atom stereocenters. The van der Waals surface area contributed by atoms with Crippen molar-refractivity contribution >= 4 is 35.2 Å². The number of carbonyl (C=O) groups is 2. The minimum atomic E-state index is -0.774. The maximum atomic E-state index is 12.7. The number of rotatable bonds is 5. The topological polar surface area (TPSA) is 57.6 Å². The molecule has 3 rings (SSSR count). The summed E-state index contributed by atoms with van der Waals surface area (Å²) < 4.78 is 0. The van der Waals surface area contributed by atoms with Crippen LogP contribution in [0.4, 0.5) is 0 Å². The molecule has 1 amide bonds. The highest BCUT2D eigenvalue weighted by atomic mass is 35.5. The Balaban J connectivity index is 1.65. The van der Waals surface area contributed by atoms with Crippen molar-refractivity contribution in [1.82, 2.24) is 4.90 Å². The van der Waals surface area contributed by atoms with Crippen LogP contribution in [0.25, 0.3) is 0 Å². The van der Waals surface area contributed by atoms with Crippen LogP contribution in [-0.4, -0.2) is 40.2 Å². The minimum absolute atomic E-state index is 0.00400. The molecule has 1 aromatic rings. The summed E-state index contributed by atoms with van der Waals surface area (Å²) in [5, 5.41) is 9.77. The Morgan fingerprint density at radius 3 is 2.61 bits per heavy atom. The molecule has 0 radical (unpaired) electrons. The van der Waals surface area contributed by atoms with Crippen LogP contribution in [0, 0.1) is 17.8 Å². The molecule has 124 valence electrons. The number of nitrogens with zero attached hydrogens (tertiary/aromatic N) is 1. The van der Waals surface area contributed by atoms with Gasteiger partial charge in [0.15, 0.2) is 0 Å². The second-order valence-corrected chi connectivity index (χ2v) is 8.17. The molecule has 1 aliphatic carbocycles. The number of carboxylic acids is 1. The largest absolute Gasteiger partial charge is 0.481 e. The van der Waals surface area contributed by atoms with E-state index in [1.165, 1.54) is 11.8 Å². The number of halogens is 1. The molecule has 0 aromatic heterocycles. The van der Waals surface area contributed by atoms with Gasteiger partial charge in [-0.25, -0.2) is 0 Å². The van der Waals surface area contributed by atoms with Crippen LogP contribution in [0.15, 0.2) is 29.2 Å². The lowest BCUT2D eigenvalue weighted by Crippen LogP contribution is -2.35. The predicted octanol–water partition coefficient (Wildman–Crippen LogP) is 3.39. The Morgan fingerprint density at radius 1 is 1.30 bits per heavy atom. The fourth-order valence-corrected chi connectivity index (χ4v) is 4.55. The van der Waals surface area contributed by atoms with Crippen LogP contribution in [0.2, 0.25) is 5.02 Å². The number of carbonyl (C=O) groups excluding carboxylic acids is 1. The van der Waals surface area contributed by atoms with Gasteiger partial charge in [0, 0.05) is 18.0 Å². The van der Waals surface area contributed by atoms with Gasteiger partial charge >= 0.3 is 5.97 Å². The third-order valence-electron chi connectivity index (χ3n) is 4.71. The Hall–Kier alpha value is -1.20. The zero-order valence-electron chi connectivity index (χ0n) is 12.9. The van der Waals surface area contributed by atoms with Gasteiger partial charge in [0.2, 0.25) is 5.91 Å². The molecule has 4 nitrogen and oxygen atoms in total. The first kappa shape index (κ1) is 16.7. The lowest BCUT2D eigenvalue weighted by Gasteiger charge is -2.21. The van der Waals surface area contributed by atoms with Crippen LogP contribution in [0.3, 0.4) is 0 Å². The summed E-state index contributed by atoms with van der Waals surface area (Å²) in [7, 11) is 0. The zero-order valence-corrected chi connectivity index (χ0v) is 14.5. The van der Waals surface area contributed by atoms with E-state index in [1.54, 1.807) is 11.0 Å². The highest BCUT2D eigenvalue weighted by Gasteiger charge is 2.47. The summed E-state index contributed by atoms with van der Waals surface area (Å²) in [5.74, 6) is -0.578. The van der Waals surface area contributed by atoms with Gasteiger partial charge in [-0.2, -0.15) is 0 Å². The van der Waals surface area contributed by atoms with E-state index in [1.807, 2.05) is 25.1 Å². The van der Waals surface area contributed by atoms with Crippen molar-refractivity contribution in [3.63, 3.8) is 0 Å². The van der Waals surface area contributed by atoms with E-state index in [-0.39, 0.29) is 17.1 Å². The average molecular weight is 354 g/mol. The smallest absolute Gasteiger partial charge is 0.308 e. The van der Waals surface area contributed by atoms with Crippen LogP contribution >= 0.6 is 23.4 Å². The Kier molecular flexibility index (Phi) is 4.87. The van der Waals surface area contributed by atoms with Gasteiger partial charge in [-0.1, -0.05) is 23.7 Å². The first-order valence-corrected chi connectivity index (χ1v) is 9.16. The average Bonchev–Trinajstić information content (AvgIpc) is 3.27. The van der Waals surface area contributed by atoms with Gasteiger partial charge in [-0.05, 0) is 43.7 Å². The minimum Gasteiger partial charge on any atom is -0.481 e. The van der Waals surface area contributed by atoms with E-state index in [9.17, 15) is 14.7 Å². The van der Waals surface area contributed by atoms with Gasteiger partial charge in [-0.15, -0.1) is 11.8 Å². The highest BCUT2D eigenvalue weighted by molar-refractivity contribution is 8.00. The van der Waals surface area contributed by atoms with Crippen molar-refractivity contribution in [2.45, 2.75) is 29.9 Å². The summed E-state index contributed by atoms with van der Waals surface area (Å²) in [4.78, 5) is 26.8. The van der Waals surface area contributed by atoms with Crippen molar-refractivity contribution in [2.24, 2.45) is 17.8 Å². The number of amides is 1. The molecule has 1 saturated heterocycles. The number of hydrogen-bond donors (Lipinski definition) is 1. The van der Waals surface area contributed by atoms with Gasteiger partial charge in [0.1, 0.15) is 0 Å². The third-order valence-corrected chi connectivity index (χ3v) is 6.32. The third kappa shape index (κ3) is 3.66. The van der Waals surface area contributed by atoms with Gasteiger partial charge in [-0.3, -0.25) is 9.59 Å².